The van der Waals surface area contributed by atoms with E-state index in [2.05, 4.69) is 41.3 Å². The van der Waals surface area contributed by atoms with E-state index in [1.807, 2.05) is 12.1 Å². The second kappa shape index (κ2) is 9.52. The van der Waals surface area contributed by atoms with Gasteiger partial charge in [0.25, 0.3) is 0 Å². The van der Waals surface area contributed by atoms with Crippen LogP contribution in [0.1, 0.15) is 42.7 Å². The van der Waals surface area contributed by atoms with Crippen LogP contribution in [-0.2, 0) is 16.1 Å². The third-order valence-corrected chi connectivity index (χ3v) is 6.36. The van der Waals surface area contributed by atoms with E-state index >= 15 is 0 Å². The molecule has 2 fully saturated rings. The summed E-state index contributed by atoms with van der Waals surface area (Å²) in [4.78, 5) is 14.9. The standard InChI is InChI=1S/C25H31NO4/c1-28-23-13-12-19(14-24(23)30-20-10-6-7-11-20)21-16-26(17-22(21)25(27)29-2)15-18-8-4-3-5-9-18/h3-5,8-9,12-14,20-22H,6-7,10-11,15-17H2,1-2H3/t21-,22+/m0/s1. The number of methoxy groups -OCH3 is 2. The number of hydrogen-bond donors (Lipinski definition) is 0. The number of nitrogens with zero attached hydrogens (tertiary/aromatic N) is 1. The zero-order valence-corrected chi connectivity index (χ0v) is 17.9. The first-order valence-electron chi connectivity index (χ1n) is 10.9. The molecule has 5 heteroatoms. The van der Waals surface area contributed by atoms with Gasteiger partial charge in [0, 0.05) is 25.6 Å². The molecule has 0 radical (unpaired) electrons. The molecule has 30 heavy (non-hydrogen) atoms. The van der Waals surface area contributed by atoms with Crippen LogP contribution in [0.2, 0.25) is 0 Å². The molecule has 0 unspecified atom stereocenters. The molecule has 1 aliphatic heterocycles. The SMILES string of the molecule is COC(=O)[C@@H]1CN(Cc2ccccc2)C[C@H]1c1ccc(OC)c(OC2CCCC2)c1. The lowest BCUT2D eigenvalue weighted by molar-refractivity contribution is -0.145. The van der Waals surface area contributed by atoms with Gasteiger partial charge < -0.3 is 14.2 Å². The number of esters is 1. The van der Waals surface area contributed by atoms with Gasteiger partial charge >= 0.3 is 5.97 Å². The Bertz CT molecular complexity index is 847. The van der Waals surface area contributed by atoms with Crippen molar-refractivity contribution in [3.8, 4) is 11.5 Å². The van der Waals surface area contributed by atoms with Crippen molar-refractivity contribution in [1.82, 2.24) is 4.90 Å². The average molecular weight is 410 g/mol. The van der Waals surface area contributed by atoms with E-state index < -0.39 is 0 Å². The maximum Gasteiger partial charge on any atom is 0.310 e. The molecule has 1 saturated carbocycles. The minimum Gasteiger partial charge on any atom is -0.493 e. The Morgan fingerprint density at radius 2 is 1.77 bits per heavy atom. The maximum atomic E-state index is 12.6. The van der Waals surface area contributed by atoms with Gasteiger partial charge in [0.2, 0.25) is 0 Å². The Hall–Kier alpha value is -2.53. The summed E-state index contributed by atoms with van der Waals surface area (Å²) in [6.45, 7) is 2.33. The third kappa shape index (κ3) is 4.62. The van der Waals surface area contributed by atoms with Gasteiger partial charge in [-0.25, -0.2) is 0 Å². The fraction of sp³-hybridized carbons (Fsp3) is 0.480. The van der Waals surface area contributed by atoms with Crippen LogP contribution in [0.15, 0.2) is 48.5 Å². The van der Waals surface area contributed by atoms with Crippen molar-refractivity contribution < 1.29 is 19.0 Å². The summed E-state index contributed by atoms with van der Waals surface area (Å²) in [7, 11) is 3.15. The lowest BCUT2D eigenvalue weighted by atomic mass is 9.89. The Kier molecular flexibility index (Phi) is 6.58. The molecule has 0 amide bonds. The molecule has 2 aliphatic rings. The van der Waals surface area contributed by atoms with E-state index in [1.165, 1.54) is 25.5 Å². The lowest BCUT2D eigenvalue weighted by Gasteiger charge is -2.21. The predicted molar refractivity (Wildman–Crippen MR) is 116 cm³/mol. The van der Waals surface area contributed by atoms with Crippen molar-refractivity contribution in [2.24, 2.45) is 5.92 Å². The number of rotatable bonds is 7. The summed E-state index contributed by atoms with van der Waals surface area (Å²) in [5.74, 6) is 1.26. The molecule has 1 saturated heterocycles. The first kappa shape index (κ1) is 20.7. The van der Waals surface area contributed by atoms with E-state index in [1.54, 1.807) is 7.11 Å². The first-order valence-corrected chi connectivity index (χ1v) is 10.9. The summed E-state index contributed by atoms with van der Waals surface area (Å²) >= 11 is 0. The Labute approximate surface area is 178 Å². The highest BCUT2D eigenvalue weighted by Gasteiger charge is 2.39. The van der Waals surface area contributed by atoms with Gasteiger partial charge in [-0.15, -0.1) is 0 Å². The average Bonchev–Trinajstić information content (AvgIpc) is 3.44. The Morgan fingerprint density at radius 3 is 2.47 bits per heavy atom. The molecule has 0 aromatic heterocycles. The second-order valence-corrected chi connectivity index (χ2v) is 8.35. The highest BCUT2D eigenvalue weighted by molar-refractivity contribution is 5.74. The van der Waals surface area contributed by atoms with Gasteiger partial charge in [0.15, 0.2) is 11.5 Å². The van der Waals surface area contributed by atoms with Crippen molar-refractivity contribution >= 4 is 5.97 Å². The molecule has 1 aliphatic carbocycles. The van der Waals surface area contributed by atoms with E-state index in [0.29, 0.717) is 6.54 Å². The Balaban J connectivity index is 1.57. The van der Waals surface area contributed by atoms with Gasteiger partial charge in [-0.3, -0.25) is 9.69 Å². The molecule has 4 rings (SSSR count). The zero-order chi connectivity index (χ0) is 20.9. The van der Waals surface area contributed by atoms with Crippen LogP contribution in [0.25, 0.3) is 0 Å². The quantitative estimate of drug-likeness (QED) is 0.634. The van der Waals surface area contributed by atoms with Crippen molar-refractivity contribution in [3.05, 3.63) is 59.7 Å². The molecular formula is C25H31NO4. The minimum absolute atomic E-state index is 0.0676. The molecule has 5 nitrogen and oxygen atoms in total. The fourth-order valence-corrected chi connectivity index (χ4v) is 4.79. The van der Waals surface area contributed by atoms with E-state index in [-0.39, 0.29) is 23.9 Å². The summed E-state index contributed by atoms with van der Waals surface area (Å²) in [6.07, 6.45) is 4.87. The van der Waals surface area contributed by atoms with Crippen LogP contribution >= 0.6 is 0 Å². The van der Waals surface area contributed by atoms with Gasteiger partial charge in [-0.1, -0.05) is 36.4 Å². The number of carbonyl (C=O) groups excluding carboxylic acids is 1. The van der Waals surface area contributed by atoms with Gasteiger partial charge in [-0.2, -0.15) is 0 Å². The number of hydrogen-bond acceptors (Lipinski definition) is 5. The Morgan fingerprint density at radius 1 is 1.00 bits per heavy atom. The topological polar surface area (TPSA) is 48.0 Å². The molecule has 2 aromatic rings. The van der Waals surface area contributed by atoms with Crippen LogP contribution in [0.5, 0.6) is 11.5 Å². The molecule has 2 atom stereocenters. The summed E-state index contributed by atoms with van der Waals surface area (Å²) < 4.78 is 17.0. The molecule has 1 heterocycles. The molecular weight excluding hydrogens is 378 g/mol. The van der Waals surface area contributed by atoms with Crippen LogP contribution in [0.4, 0.5) is 0 Å². The van der Waals surface area contributed by atoms with E-state index in [0.717, 1.165) is 43.0 Å². The molecule has 160 valence electrons. The minimum atomic E-state index is -0.188. The maximum absolute atomic E-state index is 12.6. The van der Waals surface area contributed by atoms with E-state index in [4.69, 9.17) is 14.2 Å². The van der Waals surface area contributed by atoms with Gasteiger partial charge in [0.1, 0.15) is 0 Å². The summed E-state index contributed by atoms with van der Waals surface area (Å²) in [5, 5.41) is 0. The second-order valence-electron chi connectivity index (χ2n) is 8.35. The molecule has 2 aromatic carbocycles. The van der Waals surface area contributed by atoms with Crippen LogP contribution in [0.3, 0.4) is 0 Å². The highest BCUT2D eigenvalue weighted by atomic mass is 16.5. The molecule has 0 bridgehead atoms. The smallest absolute Gasteiger partial charge is 0.310 e. The highest BCUT2D eigenvalue weighted by Crippen LogP contribution is 2.39. The molecule has 0 N–H and O–H groups in total. The lowest BCUT2D eigenvalue weighted by Crippen LogP contribution is -2.24. The number of likely N-dealkylation sites (tertiary alicyclic amines) is 1. The van der Waals surface area contributed by atoms with Crippen molar-refractivity contribution in [2.45, 2.75) is 44.2 Å². The van der Waals surface area contributed by atoms with Crippen molar-refractivity contribution in [2.75, 3.05) is 27.3 Å². The normalized spacial score (nSPS) is 22.2. The van der Waals surface area contributed by atoms with Crippen LogP contribution in [0, 0.1) is 5.92 Å². The number of ether oxygens (including phenoxy) is 3. The number of carbonyl (C=O) groups is 1. The van der Waals surface area contributed by atoms with Crippen molar-refractivity contribution in [1.29, 1.82) is 0 Å². The third-order valence-electron chi connectivity index (χ3n) is 6.36. The fourth-order valence-electron chi connectivity index (χ4n) is 4.79. The van der Waals surface area contributed by atoms with Crippen molar-refractivity contribution in [3.63, 3.8) is 0 Å². The van der Waals surface area contributed by atoms with Gasteiger partial charge in [-0.05, 0) is 48.9 Å². The molecule has 0 spiro atoms. The number of benzene rings is 2. The van der Waals surface area contributed by atoms with Crippen LogP contribution < -0.4 is 9.47 Å². The first-order chi connectivity index (χ1) is 14.7. The predicted octanol–water partition coefficient (Wildman–Crippen LogP) is 4.41. The van der Waals surface area contributed by atoms with Crippen LogP contribution in [-0.4, -0.2) is 44.3 Å². The summed E-state index contributed by atoms with van der Waals surface area (Å²) in [5.41, 5.74) is 2.36. The zero-order valence-electron chi connectivity index (χ0n) is 17.9. The largest absolute Gasteiger partial charge is 0.493 e. The van der Waals surface area contributed by atoms with Gasteiger partial charge in [0.05, 0.1) is 26.2 Å². The summed E-state index contributed by atoms with van der Waals surface area (Å²) in [6, 6.07) is 16.5. The monoisotopic (exact) mass is 409 g/mol. The van der Waals surface area contributed by atoms with E-state index in [9.17, 15) is 4.79 Å².